The third kappa shape index (κ3) is 2.86. The third-order valence-electron chi connectivity index (χ3n) is 3.20. The Morgan fingerprint density at radius 3 is 2.88 bits per heavy atom. The second kappa shape index (κ2) is 5.82. The first kappa shape index (κ1) is 12.1. The summed E-state index contributed by atoms with van der Waals surface area (Å²) in [5.74, 6) is 0. The Labute approximate surface area is 103 Å². The number of aryl methyl sites for hydroxylation is 2. The van der Waals surface area contributed by atoms with Gasteiger partial charge in [-0.05, 0) is 50.4 Å². The molecular weight excluding hydrogens is 210 g/mol. The van der Waals surface area contributed by atoms with Gasteiger partial charge in [-0.2, -0.15) is 0 Å². The Morgan fingerprint density at radius 2 is 2.12 bits per heavy atom. The monoisotopic (exact) mass is 231 g/mol. The van der Waals surface area contributed by atoms with Crippen molar-refractivity contribution >= 4 is 11.0 Å². The predicted molar refractivity (Wildman–Crippen MR) is 72.0 cm³/mol. The number of aromatic nitrogens is 2. The van der Waals surface area contributed by atoms with Gasteiger partial charge < -0.3 is 10.3 Å². The molecule has 2 rings (SSSR count). The first-order chi connectivity index (χ1) is 8.35. The topological polar surface area (TPSA) is 43.8 Å². The van der Waals surface area contributed by atoms with Crippen LogP contribution in [0.25, 0.3) is 11.0 Å². The Bertz CT molecular complexity index is 473. The molecule has 1 heterocycles. The minimum atomic E-state index is 0.805. The summed E-state index contributed by atoms with van der Waals surface area (Å²) in [6.07, 6.45) is 6.62. The fourth-order valence-electron chi connectivity index (χ4n) is 2.17. The second-order valence-corrected chi connectivity index (χ2v) is 4.45. The number of imidazole rings is 1. The summed E-state index contributed by atoms with van der Waals surface area (Å²) in [6.45, 7) is 3.92. The molecule has 2 aromatic rings. The molecule has 92 valence electrons. The van der Waals surface area contributed by atoms with Crippen molar-refractivity contribution in [2.75, 3.05) is 6.54 Å². The van der Waals surface area contributed by atoms with Crippen LogP contribution >= 0.6 is 0 Å². The van der Waals surface area contributed by atoms with E-state index in [2.05, 4.69) is 34.7 Å². The number of nitrogens with zero attached hydrogens (tertiary/aromatic N) is 2. The van der Waals surface area contributed by atoms with Crippen molar-refractivity contribution in [3.63, 3.8) is 0 Å². The minimum Gasteiger partial charge on any atom is -0.331 e. The maximum absolute atomic E-state index is 5.49. The van der Waals surface area contributed by atoms with Crippen molar-refractivity contribution in [3.8, 4) is 0 Å². The highest BCUT2D eigenvalue weighted by atomic mass is 15.0. The molecule has 0 radical (unpaired) electrons. The van der Waals surface area contributed by atoms with Crippen molar-refractivity contribution in [3.05, 3.63) is 30.1 Å². The molecular formula is C14H21N3. The quantitative estimate of drug-likeness (QED) is 0.777. The van der Waals surface area contributed by atoms with Crippen LogP contribution in [0.15, 0.2) is 24.5 Å². The first-order valence-electron chi connectivity index (χ1n) is 6.49. The van der Waals surface area contributed by atoms with Crippen molar-refractivity contribution in [1.82, 2.24) is 9.55 Å². The zero-order valence-electron chi connectivity index (χ0n) is 10.5. The summed E-state index contributed by atoms with van der Waals surface area (Å²) >= 11 is 0. The van der Waals surface area contributed by atoms with Gasteiger partial charge in [0.05, 0.1) is 17.4 Å². The smallest absolute Gasteiger partial charge is 0.0958 e. The van der Waals surface area contributed by atoms with Crippen LogP contribution in [-0.2, 0) is 13.0 Å². The standard InChI is InChI=1S/C14H21N3/c1-2-17-11-16-13-10-12(7-8-14(13)17)6-4-3-5-9-15/h7-8,10-11H,2-6,9,15H2,1H3. The SMILES string of the molecule is CCn1cnc2cc(CCCCCN)ccc21. The van der Waals surface area contributed by atoms with E-state index in [1.807, 2.05) is 6.33 Å². The van der Waals surface area contributed by atoms with Gasteiger partial charge in [0.2, 0.25) is 0 Å². The molecule has 17 heavy (non-hydrogen) atoms. The number of rotatable bonds is 6. The highest BCUT2D eigenvalue weighted by molar-refractivity contribution is 5.76. The van der Waals surface area contributed by atoms with Gasteiger partial charge in [-0.3, -0.25) is 0 Å². The van der Waals surface area contributed by atoms with Crippen molar-refractivity contribution in [1.29, 1.82) is 0 Å². The molecule has 1 aromatic carbocycles. The molecule has 0 saturated heterocycles. The predicted octanol–water partition coefficient (Wildman–Crippen LogP) is 2.73. The molecule has 0 unspecified atom stereocenters. The normalized spacial score (nSPS) is 11.2. The molecule has 0 bridgehead atoms. The zero-order valence-corrected chi connectivity index (χ0v) is 10.5. The third-order valence-corrected chi connectivity index (χ3v) is 3.20. The van der Waals surface area contributed by atoms with Crippen LogP contribution in [0.5, 0.6) is 0 Å². The Balaban J connectivity index is 2.05. The van der Waals surface area contributed by atoms with E-state index in [0.717, 1.165) is 31.4 Å². The van der Waals surface area contributed by atoms with Gasteiger partial charge in [0.15, 0.2) is 0 Å². The molecule has 3 heteroatoms. The summed E-state index contributed by atoms with van der Waals surface area (Å²) in [6, 6.07) is 6.62. The zero-order chi connectivity index (χ0) is 12.1. The summed E-state index contributed by atoms with van der Waals surface area (Å²) in [7, 11) is 0. The van der Waals surface area contributed by atoms with Gasteiger partial charge in [-0.15, -0.1) is 0 Å². The molecule has 1 aromatic heterocycles. The lowest BCUT2D eigenvalue weighted by Gasteiger charge is -2.02. The lowest BCUT2D eigenvalue weighted by molar-refractivity contribution is 0.687. The van der Waals surface area contributed by atoms with Gasteiger partial charge in [-0.25, -0.2) is 4.98 Å². The van der Waals surface area contributed by atoms with E-state index in [1.165, 1.54) is 23.9 Å². The molecule has 0 spiro atoms. The molecule has 0 saturated carbocycles. The van der Waals surface area contributed by atoms with Gasteiger partial charge in [0, 0.05) is 6.54 Å². The number of hydrogen-bond donors (Lipinski definition) is 1. The van der Waals surface area contributed by atoms with Crippen LogP contribution in [0.4, 0.5) is 0 Å². The number of fused-ring (bicyclic) bond motifs is 1. The average Bonchev–Trinajstić information content (AvgIpc) is 2.77. The molecule has 2 N–H and O–H groups in total. The van der Waals surface area contributed by atoms with E-state index in [9.17, 15) is 0 Å². The highest BCUT2D eigenvalue weighted by Gasteiger charge is 2.02. The molecule has 0 aliphatic carbocycles. The maximum atomic E-state index is 5.49. The summed E-state index contributed by atoms with van der Waals surface area (Å²) < 4.78 is 2.17. The van der Waals surface area contributed by atoms with Crippen LogP contribution < -0.4 is 5.73 Å². The Morgan fingerprint density at radius 1 is 1.24 bits per heavy atom. The fourth-order valence-corrected chi connectivity index (χ4v) is 2.17. The van der Waals surface area contributed by atoms with Crippen molar-refractivity contribution < 1.29 is 0 Å². The molecule has 0 amide bonds. The van der Waals surface area contributed by atoms with Gasteiger partial charge in [0.1, 0.15) is 0 Å². The van der Waals surface area contributed by atoms with Gasteiger partial charge >= 0.3 is 0 Å². The van der Waals surface area contributed by atoms with Gasteiger partial charge in [-0.1, -0.05) is 12.5 Å². The van der Waals surface area contributed by atoms with Crippen LogP contribution in [0.3, 0.4) is 0 Å². The number of benzene rings is 1. The van der Waals surface area contributed by atoms with E-state index >= 15 is 0 Å². The lowest BCUT2D eigenvalue weighted by atomic mass is 10.1. The van der Waals surface area contributed by atoms with E-state index < -0.39 is 0 Å². The Hall–Kier alpha value is -1.35. The highest BCUT2D eigenvalue weighted by Crippen LogP contribution is 2.16. The summed E-state index contributed by atoms with van der Waals surface area (Å²) in [5, 5.41) is 0. The molecule has 3 nitrogen and oxygen atoms in total. The first-order valence-corrected chi connectivity index (χ1v) is 6.49. The molecule has 0 aliphatic rings. The largest absolute Gasteiger partial charge is 0.331 e. The van der Waals surface area contributed by atoms with E-state index in [0.29, 0.717) is 0 Å². The molecule has 0 fully saturated rings. The van der Waals surface area contributed by atoms with Crippen molar-refractivity contribution in [2.45, 2.75) is 39.2 Å². The Kier molecular flexibility index (Phi) is 4.15. The van der Waals surface area contributed by atoms with Crippen molar-refractivity contribution in [2.24, 2.45) is 5.73 Å². The molecule has 0 aliphatic heterocycles. The second-order valence-electron chi connectivity index (χ2n) is 4.45. The lowest BCUT2D eigenvalue weighted by Crippen LogP contribution is -1.98. The molecule has 0 atom stereocenters. The van der Waals surface area contributed by atoms with Crippen LogP contribution in [0, 0.1) is 0 Å². The minimum absolute atomic E-state index is 0.805. The van der Waals surface area contributed by atoms with Crippen LogP contribution in [0.2, 0.25) is 0 Å². The van der Waals surface area contributed by atoms with Crippen LogP contribution in [-0.4, -0.2) is 16.1 Å². The van der Waals surface area contributed by atoms with Gasteiger partial charge in [0.25, 0.3) is 0 Å². The van der Waals surface area contributed by atoms with E-state index in [-0.39, 0.29) is 0 Å². The number of hydrogen-bond acceptors (Lipinski definition) is 2. The summed E-state index contributed by atoms with van der Waals surface area (Å²) in [4.78, 5) is 4.44. The fraction of sp³-hybridized carbons (Fsp3) is 0.500. The maximum Gasteiger partial charge on any atom is 0.0958 e. The average molecular weight is 231 g/mol. The number of nitrogens with two attached hydrogens (primary N) is 1. The summed E-state index contributed by atoms with van der Waals surface area (Å²) in [5.41, 5.74) is 9.22. The van der Waals surface area contributed by atoms with Crippen LogP contribution in [0.1, 0.15) is 31.7 Å². The number of unbranched alkanes of at least 4 members (excludes halogenated alkanes) is 2. The van der Waals surface area contributed by atoms with E-state index in [1.54, 1.807) is 0 Å². The van der Waals surface area contributed by atoms with E-state index in [4.69, 9.17) is 5.73 Å².